The summed E-state index contributed by atoms with van der Waals surface area (Å²) in [5.41, 5.74) is 0. The summed E-state index contributed by atoms with van der Waals surface area (Å²) >= 11 is 7.95. The Kier molecular flexibility index (Phi) is 3.70. The van der Waals surface area contributed by atoms with Gasteiger partial charge in [-0.15, -0.1) is 0 Å². The maximum atomic E-state index is 5.97. The van der Waals surface area contributed by atoms with E-state index in [1.165, 1.54) is 11.5 Å². The van der Waals surface area contributed by atoms with Gasteiger partial charge in [0, 0.05) is 37.1 Å². The van der Waals surface area contributed by atoms with E-state index in [1.54, 1.807) is 0 Å². The SMILES string of the molecule is CCc1nc(Cl)cc(N2CCSCC2)n1. The van der Waals surface area contributed by atoms with E-state index in [4.69, 9.17) is 11.6 Å². The van der Waals surface area contributed by atoms with Crippen molar-refractivity contribution in [2.75, 3.05) is 29.5 Å². The van der Waals surface area contributed by atoms with Crippen LogP contribution in [0.5, 0.6) is 0 Å². The molecule has 0 aromatic carbocycles. The third-order valence-electron chi connectivity index (χ3n) is 2.38. The lowest BCUT2D eigenvalue weighted by atomic mass is 10.4. The molecule has 2 heterocycles. The molecule has 1 aromatic heterocycles. The highest BCUT2D eigenvalue weighted by atomic mass is 35.5. The zero-order valence-corrected chi connectivity index (χ0v) is 10.3. The molecule has 0 N–H and O–H groups in total. The molecule has 0 amide bonds. The molecule has 15 heavy (non-hydrogen) atoms. The Morgan fingerprint density at radius 1 is 1.40 bits per heavy atom. The van der Waals surface area contributed by atoms with Gasteiger partial charge in [0.15, 0.2) is 0 Å². The van der Waals surface area contributed by atoms with Crippen molar-refractivity contribution in [2.45, 2.75) is 13.3 Å². The minimum Gasteiger partial charge on any atom is -0.355 e. The molecule has 0 spiro atoms. The molecule has 0 aliphatic carbocycles. The Morgan fingerprint density at radius 3 is 2.80 bits per heavy atom. The molecule has 1 aliphatic rings. The summed E-state index contributed by atoms with van der Waals surface area (Å²) in [7, 11) is 0. The molecule has 5 heteroatoms. The summed E-state index contributed by atoms with van der Waals surface area (Å²) in [5.74, 6) is 4.15. The second-order valence-corrected chi connectivity index (χ2v) is 5.03. The Hall–Kier alpha value is -0.480. The van der Waals surface area contributed by atoms with E-state index in [-0.39, 0.29) is 0 Å². The molecule has 0 atom stereocenters. The van der Waals surface area contributed by atoms with Gasteiger partial charge in [0.25, 0.3) is 0 Å². The fourth-order valence-corrected chi connectivity index (χ4v) is 2.66. The highest BCUT2D eigenvalue weighted by Crippen LogP contribution is 2.20. The van der Waals surface area contributed by atoms with Gasteiger partial charge in [-0.05, 0) is 0 Å². The average molecular weight is 244 g/mol. The second kappa shape index (κ2) is 5.03. The van der Waals surface area contributed by atoms with E-state index >= 15 is 0 Å². The lowest BCUT2D eigenvalue weighted by molar-refractivity contribution is 0.818. The van der Waals surface area contributed by atoms with E-state index in [2.05, 4.69) is 14.9 Å². The molecule has 1 fully saturated rings. The summed E-state index contributed by atoms with van der Waals surface area (Å²) in [6.45, 7) is 4.16. The molecule has 0 unspecified atom stereocenters. The summed E-state index contributed by atoms with van der Waals surface area (Å²) < 4.78 is 0. The largest absolute Gasteiger partial charge is 0.355 e. The number of nitrogens with zero attached hydrogens (tertiary/aromatic N) is 3. The minimum absolute atomic E-state index is 0.551. The number of thioether (sulfide) groups is 1. The highest BCUT2D eigenvalue weighted by molar-refractivity contribution is 7.99. The molecule has 0 radical (unpaired) electrons. The monoisotopic (exact) mass is 243 g/mol. The van der Waals surface area contributed by atoms with Gasteiger partial charge in [0.2, 0.25) is 0 Å². The topological polar surface area (TPSA) is 29.0 Å². The fourth-order valence-electron chi connectivity index (χ4n) is 1.56. The van der Waals surface area contributed by atoms with Crippen LogP contribution in [0, 0.1) is 0 Å². The van der Waals surface area contributed by atoms with Gasteiger partial charge in [-0.3, -0.25) is 0 Å². The number of aryl methyl sites for hydroxylation is 1. The second-order valence-electron chi connectivity index (χ2n) is 3.42. The van der Waals surface area contributed by atoms with Crippen LogP contribution in [0.3, 0.4) is 0 Å². The quantitative estimate of drug-likeness (QED) is 0.745. The van der Waals surface area contributed by atoms with E-state index in [0.29, 0.717) is 5.15 Å². The lowest BCUT2D eigenvalue weighted by Gasteiger charge is -2.27. The Balaban J connectivity index is 2.22. The number of aromatic nitrogens is 2. The standard InChI is InChI=1S/C10H14ClN3S/c1-2-9-12-8(11)7-10(13-9)14-3-5-15-6-4-14/h7H,2-6H2,1H3. The summed E-state index contributed by atoms with van der Waals surface area (Å²) in [6.07, 6.45) is 0.830. The smallest absolute Gasteiger partial charge is 0.134 e. The number of anilines is 1. The van der Waals surface area contributed by atoms with Gasteiger partial charge in [0.05, 0.1) is 0 Å². The molecule has 2 rings (SSSR count). The predicted molar refractivity (Wildman–Crippen MR) is 66.0 cm³/mol. The number of hydrogen-bond donors (Lipinski definition) is 0. The molecule has 82 valence electrons. The van der Waals surface area contributed by atoms with Crippen molar-refractivity contribution in [1.29, 1.82) is 0 Å². The zero-order valence-electron chi connectivity index (χ0n) is 8.74. The Bertz CT molecular complexity index is 339. The minimum atomic E-state index is 0.551. The van der Waals surface area contributed by atoms with Crippen molar-refractivity contribution in [3.63, 3.8) is 0 Å². The number of rotatable bonds is 2. The van der Waals surface area contributed by atoms with Crippen LogP contribution in [-0.4, -0.2) is 34.6 Å². The van der Waals surface area contributed by atoms with E-state index in [0.717, 1.165) is 31.2 Å². The Morgan fingerprint density at radius 2 is 2.13 bits per heavy atom. The van der Waals surface area contributed by atoms with Crippen LogP contribution in [0.4, 0.5) is 5.82 Å². The number of hydrogen-bond acceptors (Lipinski definition) is 4. The van der Waals surface area contributed by atoms with Crippen LogP contribution in [0.25, 0.3) is 0 Å². The summed E-state index contributed by atoms with van der Waals surface area (Å²) in [6, 6.07) is 1.86. The van der Waals surface area contributed by atoms with Crippen molar-refractivity contribution < 1.29 is 0 Å². The van der Waals surface area contributed by atoms with Crippen LogP contribution in [-0.2, 0) is 6.42 Å². The molecule has 0 saturated carbocycles. The first-order valence-electron chi connectivity index (χ1n) is 5.15. The van der Waals surface area contributed by atoms with Crippen LogP contribution < -0.4 is 4.90 Å². The first kappa shape index (κ1) is 11.0. The van der Waals surface area contributed by atoms with Crippen LogP contribution in [0.1, 0.15) is 12.7 Å². The Labute approximate surface area is 99.2 Å². The van der Waals surface area contributed by atoms with Gasteiger partial charge in [-0.25, -0.2) is 9.97 Å². The van der Waals surface area contributed by atoms with Crippen LogP contribution in [0.15, 0.2) is 6.07 Å². The predicted octanol–water partition coefficient (Wildman–Crippen LogP) is 2.25. The lowest BCUT2D eigenvalue weighted by Crippen LogP contribution is -2.33. The van der Waals surface area contributed by atoms with Gasteiger partial charge in [-0.2, -0.15) is 11.8 Å². The van der Waals surface area contributed by atoms with Crippen molar-refractivity contribution in [3.8, 4) is 0 Å². The van der Waals surface area contributed by atoms with Crippen molar-refractivity contribution >= 4 is 29.2 Å². The van der Waals surface area contributed by atoms with Crippen molar-refractivity contribution in [3.05, 3.63) is 17.0 Å². The van der Waals surface area contributed by atoms with E-state index < -0.39 is 0 Å². The van der Waals surface area contributed by atoms with Crippen LogP contribution >= 0.6 is 23.4 Å². The van der Waals surface area contributed by atoms with E-state index in [1.807, 2.05) is 24.8 Å². The fraction of sp³-hybridized carbons (Fsp3) is 0.600. The third-order valence-corrected chi connectivity index (χ3v) is 3.52. The van der Waals surface area contributed by atoms with Gasteiger partial charge < -0.3 is 4.90 Å². The molecule has 0 bridgehead atoms. The molecule has 1 aromatic rings. The van der Waals surface area contributed by atoms with Crippen LogP contribution in [0.2, 0.25) is 5.15 Å². The van der Waals surface area contributed by atoms with Crippen molar-refractivity contribution in [2.24, 2.45) is 0 Å². The van der Waals surface area contributed by atoms with Gasteiger partial charge in [-0.1, -0.05) is 18.5 Å². The number of halogens is 1. The molecular weight excluding hydrogens is 230 g/mol. The average Bonchev–Trinajstić information content (AvgIpc) is 2.29. The third kappa shape index (κ3) is 2.75. The van der Waals surface area contributed by atoms with Gasteiger partial charge in [0.1, 0.15) is 16.8 Å². The molecule has 3 nitrogen and oxygen atoms in total. The molecular formula is C10H14ClN3S. The first-order valence-corrected chi connectivity index (χ1v) is 6.69. The first-order chi connectivity index (χ1) is 7.29. The summed E-state index contributed by atoms with van der Waals surface area (Å²) in [5, 5.41) is 0.551. The van der Waals surface area contributed by atoms with E-state index in [9.17, 15) is 0 Å². The molecule has 1 aliphatic heterocycles. The normalized spacial score (nSPS) is 16.8. The molecule has 1 saturated heterocycles. The van der Waals surface area contributed by atoms with Crippen molar-refractivity contribution in [1.82, 2.24) is 9.97 Å². The highest BCUT2D eigenvalue weighted by Gasteiger charge is 2.13. The summed E-state index contributed by atoms with van der Waals surface area (Å²) in [4.78, 5) is 10.9. The maximum Gasteiger partial charge on any atom is 0.134 e. The zero-order chi connectivity index (χ0) is 10.7. The van der Waals surface area contributed by atoms with Gasteiger partial charge >= 0.3 is 0 Å². The maximum absolute atomic E-state index is 5.97.